The summed E-state index contributed by atoms with van der Waals surface area (Å²) in [5.41, 5.74) is 0.420. The number of hydrogen-bond acceptors (Lipinski definition) is 6. The summed E-state index contributed by atoms with van der Waals surface area (Å²) in [4.78, 5) is 42.4. The van der Waals surface area contributed by atoms with Crippen molar-refractivity contribution in [1.29, 1.82) is 0 Å². The highest BCUT2D eigenvalue weighted by molar-refractivity contribution is 5.92. The Morgan fingerprint density at radius 2 is 1.68 bits per heavy atom. The monoisotopic (exact) mass is 553 g/mol. The van der Waals surface area contributed by atoms with Crippen LogP contribution in [-0.2, 0) is 20.7 Å². The molecule has 0 saturated heterocycles. The second-order valence-electron chi connectivity index (χ2n) is 11.4. The van der Waals surface area contributed by atoms with E-state index in [1.165, 1.54) is 29.2 Å². The van der Waals surface area contributed by atoms with Crippen molar-refractivity contribution in [3.8, 4) is 11.5 Å². The molecule has 0 spiro atoms. The first-order chi connectivity index (χ1) is 19.0. The molecule has 3 rings (SSSR count). The first-order valence-electron chi connectivity index (χ1n) is 14.1. The number of ether oxygens (including phenoxy) is 1. The molecular formula is C31H43N3O6. The summed E-state index contributed by atoms with van der Waals surface area (Å²) in [5, 5.41) is 25.8. The smallest absolute Gasteiger partial charge is 0.408 e. The van der Waals surface area contributed by atoms with E-state index in [-0.39, 0.29) is 36.4 Å². The first kappa shape index (κ1) is 30.8. The lowest BCUT2D eigenvalue weighted by molar-refractivity contribution is -0.142. The summed E-state index contributed by atoms with van der Waals surface area (Å²) in [6.45, 7) is 7.37. The average Bonchev–Trinajstić information content (AvgIpc) is 2.88. The van der Waals surface area contributed by atoms with E-state index in [1.807, 2.05) is 6.92 Å². The maximum Gasteiger partial charge on any atom is 0.408 e. The molecule has 0 aliphatic heterocycles. The fraction of sp³-hybridized carbons (Fsp3) is 0.516. The lowest BCUT2D eigenvalue weighted by Crippen LogP contribution is -2.54. The van der Waals surface area contributed by atoms with Gasteiger partial charge >= 0.3 is 6.09 Å². The van der Waals surface area contributed by atoms with Crippen LogP contribution in [0.2, 0.25) is 0 Å². The van der Waals surface area contributed by atoms with Gasteiger partial charge in [-0.05, 0) is 75.4 Å². The van der Waals surface area contributed by atoms with E-state index in [1.54, 1.807) is 45.0 Å². The van der Waals surface area contributed by atoms with Gasteiger partial charge in [-0.3, -0.25) is 9.59 Å². The molecule has 40 heavy (non-hydrogen) atoms. The number of phenolic OH excluding ortho intramolecular Hbond substituents is 2. The number of nitrogens with one attached hydrogen (secondary N) is 2. The molecule has 1 aliphatic carbocycles. The number of phenols is 2. The van der Waals surface area contributed by atoms with E-state index >= 15 is 0 Å². The van der Waals surface area contributed by atoms with Gasteiger partial charge in [-0.15, -0.1) is 0 Å². The number of rotatable bonds is 10. The topological polar surface area (TPSA) is 128 Å². The Balaban J connectivity index is 1.98. The van der Waals surface area contributed by atoms with Gasteiger partial charge in [-0.25, -0.2) is 4.79 Å². The lowest BCUT2D eigenvalue weighted by atomic mass is 9.94. The fourth-order valence-electron chi connectivity index (χ4n) is 5.02. The van der Waals surface area contributed by atoms with Crippen LogP contribution in [0.25, 0.3) is 0 Å². The van der Waals surface area contributed by atoms with Crippen molar-refractivity contribution in [2.24, 2.45) is 0 Å². The molecule has 2 aromatic carbocycles. The molecule has 0 bridgehead atoms. The molecule has 2 atom stereocenters. The molecule has 0 radical (unpaired) electrons. The summed E-state index contributed by atoms with van der Waals surface area (Å²) >= 11 is 0. The number of carbonyl (C=O) groups excluding carboxylic acids is 3. The molecule has 3 amide bonds. The number of nitrogens with zero attached hydrogens (tertiary/aromatic N) is 1. The Hall–Kier alpha value is -3.75. The van der Waals surface area contributed by atoms with Gasteiger partial charge in [0.05, 0.1) is 0 Å². The van der Waals surface area contributed by atoms with Crippen molar-refractivity contribution in [3.05, 3.63) is 59.7 Å². The normalized spacial score (nSPS) is 15.5. The average molecular weight is 554 g/mol. The number of benzene rings is 2. The van der Waals surface area contributed by atoms with Crippen molar-refractivity contribution >= 4 is 17.9 Å². The van der Waals surface area contributed by atoms with Crippen LogP contribution < -0.4 is 10.6 Å². The summed E-state index contributed by atoms with van der Waals surface area (Å²) in [6.07, 6.45) is 4.90. The zero-order chi connectivity index (χ0) is 29.3. The van der Waals surface area contributed by atoms with Crippen LogP contribution in [-0.4, -0.2) is 57.3 Å². The predicted octanol–water partition coefficient (Wildman–Crippen LogP) is 4.96. The van der Waals surface area contributed by atoms with E-state index in [2.05, 4.69) is 10.6 Å². The van der Waals surface area contributed by atoms with Crippen molar-refractivity contribution in [3.63, 3.8) is 0 Å². The molecule has 4 N–H and O–H groups in total. The van der Waals surface area contributed by atoms with Gasteiger partial charge < -0.3 is 30.5 Å². The third-order valence-electron chi connectivity index (χ3n) is 6.81. The van der Waals surface area contributed by atoms with Gasteiger partial charge in [0.1, 0.15) is 29.2 Å². The summed E-state index contributed by atoms with van der Waals surface area (Å²) in [6, 6.07) is 10.7. The maximum atomic E-state index is 14.3. The summed E-state index contributed by atoms with van der Waals surface area (Å²) in [7, 11) is 0. The van der Waals surface area contributed by atoms with Gasteiger partial charge in [0.15, 0.2) is 0 Å². The SMILES string of the molecule is CCCN(C(=O)C(Cc1ccc(O)cc1)NC(=O)OC(C)(C)C)C(C(=O)NC1CCCCC1)c1cccc(O)c1. The third-order valence-corrected chi connectivity index (χ3v) is 6.81. The molecule has 0 aromatic heterocycles. The molecule has 1 aliphatic rings. The van der Waals surface area contributed by atoms with E-state index in [4.69, 9.17) is 4.74 Å². The van der Waals surface area contributed by atoms with Crippen LogP contribution in [0.5, 0.6) is 11.5 Å². The van der Waals surface area contributed by atoms with Gasteiger partial charge in [0, 0.05) is 19.0 Å². The highest BCUT2D eigenvalue weighted by Gasteiger charge is 2.37. The van der Waals surface area contributed by atoms with Crippen LogP contribution >= 0.6 is 0 Å². The van der Waals surface area contributed by atoms with Gasteiger partial charge in [0.25, 0.3) is 0 Å². The number of alkyl carbamates (subject to hydrolysis) is 1. The molecular weight excluding hydrogens is 510 g/mol. The van der Waals surface area contributed by atoms with Crippen molar-refractivity contribution < 1.29 is 29.3 Å². The zero-order valence-corrected chi connectivity index (χ0v) is 24.0. The maximum absolute atomic E-state index is 14.3. The molecule has 218 valence electrons. The number of amides is 3. The molecule has 0 heterocycles. The van der Waals surface area contributed by atoms with Crippen molar-refractivity contribution in [2.45, 2.75) is 96.4 Å². The highest BCUT2D eigenvalue weighted by Crippen LogP contribution is 2.28. The minimum Gasteiger partial charge on any atom is -0.508 e. The summed E-state index contributed by atoms with van der Waals surface area (Å²) in [5.74, 6) is -0.695. The Bertz CT molecular complexity index is 1140. The molecule has 9 heteroatoms. The third kappa shape index (κ3) is 9.17. The molecule has 2 unspecified atom stereocenters. The van der Waals surface area contributed by atoms with E-state index in [0.29, 0.717) is 17.5 Å². The van der Waals surface area contributed by atoms with E-state index in [9.17, 15) is 24.6 Å². The Morgan fingerprint density at radius 1 is 1.00 bits per heavy atom. The quantitative estimate of drug-likeness (QED) is 0.329. The molecule has 1 fully saturated rings. The van der Waals surface area contributed by atoms with Gasteiger partial charge in [0.2, 0.25) is 11.8 Å². The van der Waals surface area contributed by atoms with Gasteiger partial charge in [-0.2, -0.15) is 0 Å². The van der Waals surface area contributed by atoms with Crippen LogP contribution in [0, 0.1) is 0 Å². The second-order valence-corrected chi connectivity index (χ2v) is 11.4. The van der Waals surface area contributed by atoms with E-state index in [0.717, 1.165) is 32.1 Å². The summed E-state index contributed by atoms with van der Waals surface area (Å²) < 4.78 is 5.45. The lowest BCUT2D eigenvalue weighted by Gasteiger charge is -2.35. The zero-order valence-electron chi connectivity index (χ0n) is 24.0. The number of hydrogen-bond donors (Lipinski definition) is 4. The predicted molar refractivity (Wildman–Crippen MR) is 153 cm³/mol. The Morgan fingerprint density at radius 3 is 2.27 bits per heavy atom. The number of aromatic hydroxyl groups is 2. The molecule has 2 aromatic rings. The Kier molecular flexibility index (Phi) is 10.8. The Labute approximate surface area is 236 Å². The van der Waals surface area contributed by atoms with Crippen LogP contribution in [0.15, 0.2) is 48.5 Å². The van der Waals surface area contributed by atoms with Crippen molar-refractivity contribution in [2.75, 3.05) is 6.54 Å². The van der Waals surface area contributed by atoms with Crippen LogP contribution in [0.4, 0.5) is 4.79 Å². The minimum atomic E-state index is -1.05. The standard InChI is InChI=1S/C31H43N3O6/c1-5-18-34(27(22-10-9-13-25(36)20-22)28(37)32-23-11-7-6-8-12-23)29(38)26(33-30(39)40-31(2,3)4)19-21-14-16-24(35)17-15-21/h9-10,13-17,20,23,26-27,35-36H,5-8,11-12,18-19H2,1-4H3,(H,32,37)(H,33,39). The fourth-order valence-corrected chi connectivity index (χ4v) is 5.02. The first-order valence-corrected chi connectivity index (χ1v) is 14.1. The second kappa shape index (κ2) is 14.1. The molecule has 9 nitrogen and oxygen atoms in total. The van der Waals surface area contributed by atoms with Gasteiger partial charge in [-0.1, -0.05) is 50.5 Å². The highest BCUT2D eigenvalue weighted by atomic mass is 16.6. The van der Waals surface area contributed by atoms with Crippen molar-refractivity contribution in [1.82, 2.24) is 15.5 Å². The minimum absolute atomic E-state index is 0.00983. The van der Waals surface area contributed by atoms with Crippen LogP contribution in [0.1, 0.15) is 83.4 Å². The van der Waals surface area contributed by atoms with E-state index < -0.39 is 29.7 Å². The molecule has 1 saturated carbocycles. The number of carbonyl (C=O) groups is 3. The largest absolute Gasteiger partial charge is 0.508 e. The van der Waals surface area contributed by atoms with Crippen LogP contribution in [0.3, 0.4) is 0 Å².